The van der Waals surface area contributed by atoms with Crippen LogP contribution in [0.15, 0.2) is 24.7 Å². The minimum absolute atomic E-state index is 0.0506. The Kier molecular flexibility index (Phi) is 4.21. The zero-order valence-electron chi connectivity index (χ0n) is 11.8. The van der Waals surface area contributed by atoms with Crippen LogP contribution in [0.3, 0.4) is 0 Å². The SMILES string of the molecule is CN[C@H]1CCCN(C(=O)c2cnc(-c3ncccn3)s2)C1. The molecule has 7 heteroatoms. The third kappa shape index (κ3) is 3.08. The van der Waals surface area contributed by atoms with Gasteiger partial charge in [0.1, 0.15) is 4.88 Å². The lowest BCUT2D eigenvalue weighted by molar-refractivity contribution is 0.0703. The van der Waals surface area contributed by atoms with E-state index in [1.165, 1.54) is 11.3 Å². The number of aromatic nitrogens is 3. The van der Waals surface area contributed by atoms with Gasteiger partial charge in [0.2, 0.25) is 0 Å². The van der Waals surface area contributed by atoms with Crippen molar-refractivity contribution >= 4 is 17.2 Å². The molecule has 21 heavy (non-hydrogen) atoms. The van der Waals surface area contributed by atoms with E-state index in [-0.39, 0.29) is 5.91 Å². The van der Waals surface area contributed by atoms with Gasteiger partial charge in [-0.25, -0.2) is 15.0 Å². The van der Waals surface area contributed by atoms with Gasteiger partial charge in [0, 0.05) is 31.5 Å². The van der Waals surface area contributed by atoms with Crippen molar-refractivity contribution in [3.8, 4) is 10.8 Å². The Morgan fingerprint density at radius 1 is 1.38 bits per heavy atom. The largest absolute Gasteiger partial charge is 0.336 e. The number of likely N-dealkylation sites (N-methyl/N-ethyl adjacent to an activating group) is 1. The van der Waals surface area contributed by atoms with E-state index in [0.29, 0.717) is 21.8 Å². The number of hydrogen-bond acceptors (Lipinski definition) is 6. The first kappa shape index (κ1) is 14.1. The minimum atomic E-state index is 0.0506. The molecule has 3 heterocycles. The number of piperidine rings is 1. The van der Waals surface area contributed by atoms with Crippen LogP contribution in [0.2, 0.25) is 0 Å². The van der Waals surface area contributed by atoms with E-state index < -0.39 is 0 Å². The highest BCUT2D eigenvalue weighted by molar-refractivity contribution is 7.16. The molecule has 0 saturated carbocycles. The lowest BCUT2D eigenvalue weighted by Gasteiger charge is -2.32. The predicted molar refractivity (Wildman–Crippen MR) is 81.1 cm³/mol. The van der Waals surface area contributed by atoms with Crippen LogP contribution in [0.5, 0.6) is 0 Å². The second-order valence-corrected chi connectivity index (χ2v) is 6.01. The fourth-order valence-corrected chi connectivity index (χ4v) is 3.27. The van der Waals surface area contributed by atoms with Crippen molar-refractivity contribution in [1.29, 1.82) is 0 Å². The van der Waals surface area contributed by atoms with Crippen molar-refractivity contribution in [1.82, 2.24) is 25.2 Å². The average molecular weight is 303 g/mol. The number of thiazole rings is 1. The first-order chi connectivity index (χ1) is 10.3. The van der Waals surface area contributed by atoms with Gasteiger partial charge in [0.05, 0.1) is 6.20 Å². The molecular formula is C14H17N5OS. The Labute approximate surface area is 127 Å². The number of amides is 1. The van der Waals surface area contributed by atoms with Crippen LogP contribution in [-0.4, -0.2) is 51.9 Å². The summed E-state index contributed by atoms with van der Waals surface area (Å²) in [4.78, 5) is 27.7. The van der Waals surface area contributed by atoms with Gasteiger partial charge >= 0.3 is 0 Å². The van der Waals surface area contributed by atoms with Gasteiger partial charge in [-0.3, -0.25) is 4.79 Å². The zero-order valence-corrected chi connectivity index (χ0v) is 12.6. The van der Waals surface area contributed by atoms with Crippen molar-refractivity contribution in [2.45, 2.75) is 18.9 Å². The molecule has 1 N–H and O–H groups in total. The summed E-state index contributed by atoms with van der Waals surface area (Å²) in [6.45, 7) is 1.57. The van der Waals surface area contributed by atoms with Crippen LogP contribution < -0.4 is 5.32 Å². The molecular weight excluding hydrogens is 286 g/mol. The molecule has 0 unspecified atom stereocenters. The van der Waals surface area contributed by atoms with Gasteiger partial charge < -0.3 is 10.2 Å². The Morgan fingerprint density at radius 3 is 2.95 bits per heavy atom. The summed E-state index contributed by atoms with van der Waals surface area (Å²) in [5.41, 5.74) is 0. The van der Waals surface area contributed by atoms with E-state index in [4.69, 9.17) is 0 Å². The molecule has 0 aromatic carbocycles. The summed E-state index contributed by atoms with van der Waals surface area (Å²) in [7, 11) is 1.94. The third-order valence-corrected chi connectivity index (χ3v) is 4.57. The molecule has 1 aliphatic rings. The van der Waals surface area contributed by atoms with E-state index in [1.54, 1.807) is 24.7 Å². The summed E-state index contributed by atoms with van der Waals surface area (Å²) < 4.78 is 0. The Hall–Kier alpha value is -1.86. The van der Waals surface area contributed by atoms with Crippen LogP contribution in [0.4, 0.5) is 0 Å². The van der Waals surface area contributed by atoms with Crippen molar-refractivity contribution in [2.75, 3.05) is 20.1 Å². The summed E-state index contributed by atoms with van der Waals surface area (Å²) in [6.07, 6.45) is 7.12. The van der Waals surface area contributed by atoms with E-state index in [1.807, 2.05) is 11.9 Å². The maximum Gasteiger partial charge on any atom is 0.265 e. The number of rotatable bonds is 3. The molecule has 1 aliphatic heterocycles. The van der Waals surface area contributed by atoms with Crippen molar-refractivity contribution in [2.24, 2.45) is 0 Å². The second kappa shape index (κ2) is 6.28. The van der Waals surface area contributed by atoms with Gasteiger partial charge in [-0.05, 0) is 26.0 Å². The van der Waals surface area contributed by atoms with E-state index in [9.17, 15) is 4.79 Å². The minimum Gasteiger partial charge on any atom is -0.336 e. The van der Waals surface area contributed by atoms with Gasteiger partial charge in [0.25, 0.3) is 5.91 Å². The highest BCUT2D eigenvalue weighted by Crippen LogP contribution is 2.23. The van der Waals surface area contributed by atoms with Crippen molar-refractivity contribution < 1.29 is 4.79 Å². The van der Waals surface area contributed by atoms with Gasteiger partial charge in [-0.2, -0.15) is 0 Å². The normalized spacial score (nSPS) is 18.7. The number of nitrogens with one attached hydrogen (secondary N) is 1. The van der Waals surface area contributed by atoms with Crippen molar-refractivity contribution in [3.63, 3.8) is 0 Å². The molecule has 0 radical (unpaired) electrons. The van der Waals surface area contributed by atoms with Gasteiger partial charge in [-0.15, -0.1) is 11.3 Å². The van der Waals surface area contributed by atoms with E-state index in [0.717, 1.165) is 25.9 Å². The molecule has 0 aliphatic carbocycles. The Balaban J connectivity index is 1.75. The third-order valence-electron chi connectivity index (χ3n) is 3.59. The number of carbonyl (C=O) groups is 1. The quantitative estimate of drug-likeness (QED) is 0.928. The number of likely N-dealkylation sites (tertiary alicyclic amines) is 1. The average Bonchev–Trinajstić information content (AvgIpc) is 3.05. The van der Waals surface area contributed by atoms with E-state index in [2.05, 4.69) is 20.3 Å². The highest BCUT2D eigenvalue weighted by atomic mass is 32.1. The fourth-order valence-electron chi connectivity index (χ4n) is 2.44. The lowest BCUT2D eigenvalue weighted by Crippen LogP contribution is -2.46. The number of nitrogens with zero attached hydrogens (tertiary/aromatic N) is 4. The first-order valence-electron chi connectivity index (χ1n) is 6.97. The maximum absolute atomic E-state index is 12.5. The standard InChI is InChI=1S/C14H17N5OS/c1-15-10-4-2-7-19(9-10)14(20)11-8-18-13(21-11)12-16-5-3-6-17-12/h3,5-6,8,10,15H,2,4,7,9H2,1H3/t10-/m0/s1. The summed E-state index contributed by atoms with van der Waals surface area (Å²) >= 11 is 1.35. The highest BCUT2D eigenvalue weighted by Gasteiger charge is 2.25. The molecule has 1 atom stereocenters. The Bertz CT molecular complexity index is 615. The molecule has 110 valence electrons. The zero-order chi connectivity index (χ0) is 14.7. The van der Waals surface area contributed by atoms with Gasteiger partial charge in [0.15, 0.2) is 10.8 Å². The molecule has 6 nitrogen and oxygen atoms in total. The Morgan fingerprint density at radius 2 is 2.19 bits per heavy atom. The van der Waals surface area contributed by atoms with Crippen LogP contribution in [0.25, 0.3) is 10.8 Å². The molecule has 2 aromatic rings. The van der Waals surface area contributed by atoms with Gasteiger partial charge in [-0.1, -0.05) is 0 Å². The topological polar surface area (TPSA) is 71.0 Å². The predicted octanol–water partition coefficient (Wildman–Crippen LogP) is 1.42. The van der Waals surface area contributed by atoms with E-state index >= 15 is 0 Å². The number of hydrogen-bond donors (Lipinski definition) is 1. The second-order valence-electron chi connectivity index (χ2n) is 4.98. The summed E-state index contributed by atoms with van der Waals surface area (Å²) in [5.74, 6) is 0.614. The molecule has 0 bridgehead atoms. The summed E-state index contributed by atoms with van der Waals surface area (Å²) in [5, 5.41) is 3.93. The number of carbonyl (C=O) groups excluding carboxylic acids is 1. The lowest BCUT2D eigenvalue weighted by atomic mass is 10.1. The monoisotopic (exact) mass is 303 g/mol. The van der Waals surface area contributed by atoms with Crippen LogP contribution in [-0.2, 0) is 0 Å². The first-order valence-corrected chi connectivity index (χ1v) is 7.79. The van der Waals surface area contributed by atoms with Crippen LogP contribution in [0, 0.1) is 0 Å². The molecule has 3 rings (SSSR count). The molecule has 2 aromatic heterocycles. The van der Waals surface area contributed by atoms with Crippen molar-refractivity contribution in [3.05, 3.63) is 29.5 Å². The summed E-state index contributed by atoms with van der Waals surface area (Å²) in [6, 6.07) is 2.14. The fraction of sp³-hybridized carbons (Fsp3) is 0.429. The smallest absolute Gasteiger partial charge is 0.265 e. The van der Waals surface area contributed by atoms with Crippen LogP contribution in [0.1, 0.15) is 22.5 Å². The molecule has 0 spiro atoms. The van der Waals surface area contributed by atoms with Crippen LogP contribution >= 0.6 is 11.3 Å². The molecule has 1 saturated heterocycles. The molecule has 1 amide bonds. The maximum atomic E-state index is 12.5. The molecule has 1 fully saturated rings.